The Hall–Kier alpha value is -2.70. The normalized spacial score (nSPS) is 11.2. The van der Waals surface area contributed by atoms with Crippen molar-refractivity contribution in [3.8, 4) is 28.3 Å². The molecular weight excluding hydrogens is 334 g/mol. The number of methoxy groups -OCH3 is 1. The van der Waals surface area contributed by atoms with E-state index in [9.17, 15) is 5.11 Å². The van der Waals surface area contributed by atoms with Crippen molar-refractivity contribution in [2.24, 2.45) is 0 Å². The van der Waals surface area contributed by atoms with Gasteiger partial charge in [-0.2, -0.15) is 0 Å². The number of aryl methyl sites for hydroxylation is 1. The molecule has 25 heavy (non-hydrogen) atoms. The van der Waals surface area contributed by atoms with Crippen LogP contribution in [0.1, 0.15) is 10.7 Å². The Kier molecular flexibility index (Phi) is 3.99. The average Bonchev–Trinajstić information content (AvgIpc) is 3.26. The fraction of sp³-hybridized carbons (Fsp3) is 0.158. The molecule has 1 aromatic carbocycles. The SMILES string of the molecule is COc1ccc(-c2nc3ccc(-c4csc(CO)n4)cn3c2C)cc1. The quantitative estimate of drug-likeness (QED) is 0.605. The van der Waals surface area contributed by atoms with Gasteiger partial charge in [0.15, 0.2) is 0 Å². The van der Waals surface area contributed by atoms with Crippen molar-refractivity contribution in [3.05, 3.63) is 58.7 Å². The van der Waals surface area contributed by atoms with Gasteiger partial charge in [0.1, 0.15) is 16.4 Å². The van der Waals surface area contributed by atoms with Crippen LogP contribution in [-0.4, -0.2) is 26.6 Å². The van der Waals surface area contributed by atoms with Gasteiger partial charge in [0.25, 0.3) is 0 Å². The fourth-order valence-electron chi connectivity index (χ4n) is 2.85. The zero-order valence-corrected chi connectivity index (χ0v) is 14.7. The second-order valence-corrected chi connectivity index (χ2v) is 6.65. The van der Waals surface area contributed by atoms with Gasteiger partial charge >= 0.3 is 0 Å². The van der Waals surface area contributed by atoms with E-state index in [1.165, 1.54) is 11.3 Å². The fourth-order valence-corrected chi connectivity index (χ4v) is 3.51. The van der Waals surface area contributed by atoms with Crippen molar-refractivity contribution in [1.29, 1.82) is 0 Å². The highest BCUT2D eigenvalue weighted by Crippen LogP contribution is 2.28. The second-order valence-electron chi connectivity index (χ2n) is 5.70. The number of fused-ring (bicyclic) bond motifs is 1. The molecule has 3 heterocycles. The summed E-state index contributed by atoms with van der Waals surface area (Å²) in [6.07, 6.45) is 2.04. The summed E-state index contributed by atoms with van der Waals surface area (Å²) in [7, 11) is 1.66. The van der Waals surface area contributed by atoms with E-state index in [0.717, 1.165) is 44.6 Å². The van der Waals surface area contributed by atoms with Crippen LogP contribution in [0.15, 0.2) is 48.0 Å². The van der Waals surface area contributed by atoms with Crippen molar-refractivity contribution in [2.45, 2.75) is 13.5 Å². The number of pyridine rings is 1. The number of thiazole rings is 1. The van der Waals surface area contributed by atoms with Crippen molar-refractivity contribution in [2.75, 3.05) is 7.11 Å². The molecule has 0 amide bonds. The van der Waals surface area contributed by atoms with Gasteiger partial charge in [-0.25, -0.2) is 9.97 Å². The van der Waals surface area contributed by atoms with Crippen molar-refractivity contribution >= 4 is 17.0 Å². The zero-order chi connectivity index (χ0) is 17.4. The number of aliphatic hydroxyl groups excluding tert-OH is 1. The molecule has 4 aromatic rings. The summed E-state index contributed by atoms with van der Waals surface area (Å²) in [5.74, 6) is 0.829. The van der Waals surface area contributed by atoms with Gasteiger partial charge in [-0.05, 0) is 43.3 Å². The minimum Gasteiger partial charge on any atom is -0.497 e. The van der Waals surface area contributed by atoms with E-state index < -0.39 is 0 Å². The largest absolute Gasteiger partial charge is 0.497 e. The van der Waals surface area contributed by atoms with Gasteiger partial charge in [0.05, 0.1) is 25.1 Å². The molecule has 1 N–H and O–H groups in total. The molecule has 0 atom stereocenters. The lowest BCUT2D eigenvalue weighted by Gasteiger charge is -2.03. The first-order chi connectivity index (χ1) is 12.2. The third-order valence-electron chi connectivity index (χ3n) is 4.20. The molecule has 0 aliphatic carbocycles. The molecule has 0 fully saturated rings. The first kappa shape index (κ1) is 15.8. The molecule has 0 spiro atoms. The van der Waals surface area contributed by atoms with E-state index in [0.29, 0.717) is 0 Å². The van der Waals surface area contributed by atoms with E-state index >= 15 is 0 Å². The maximum Gasteiger partial charge on any atom is 0.137 e. The summed E-state index contributed by atoms with van der Waals surface area (Å²) < 4.78 is 7.30. The zero-order valence-electron chi connectivity index (χ0n) is 13.9. The Morgan fingerprint density at radius 3 is 2.52 bits per heavy atom. The molecular formula is C19H17N3O2S. The van der Waals surface area contributed by atoms with Crippen LogP contribution in [0.2, 0.25) is 0 Å². The number of rotatable bonds is 4. The van der Waals surface area contributed by atoms with E-state index in [4.69, 9.17) is 9.72 Å². The highest BCUT2D eigenvalue weighted by molar-refractivity contribution is 7.09. The van der Waals surface area contributed by atoms with Crippen LogP contribution in [0.3, 0.4) is 0 Å². The number of ether oxygens (including phenoxy) is 1. The molecule has 0 radical (unpaired) electrons. The van der Waals surface area contributed by atoms with Crippen LogP contribution in [0.4, 0.5) is 0 Å². The van der Waals surface area contributed by atoms with E-state index in [1.807, 2.05) is 48.0 Å². The number of aliphatic hydroxyl groups is 1. The summed E-state index contributed by atoms with van der Waals surface area (Å²) in [6.45, 7) is 2.03. The number of aromatic nitrogens is 3. The van der Waals surface area contributed by atoms with E-state index in [1.54, 1.807) is 7.11 Å². The molecule has 0 aliphatic rings. The summed E-state index contributed by atoms with van der Waals surface area (Å²) in [5, 5.41) is 11.9. The van der Waals surface area contributed by atoms with Gasteiger partial charge in [-0.15, -0.1) is 11.3 Å². The van der Waals surface area contributed by atoms with Gasteiger partial charge in [-0.3, -0.25) is 0 Å². The molecule has 0 unspecified atom stereocenters. The smallest absolute Gasteiger partial charge is 0.137 e. The predicted octanol–water partition coefficient (Wildman–Crippen LogP) is 3.93. The Bertz CT molecular complexity index is 1030. The average molecular weight is 351 g/mol. The molecule has 6 heteroatoms. The highest BCUT2D eigenvalue weighted by Gasteiger charge is 2.12. The third-order valence-corrected chi connectivity index (χ3v) is 5.04. The molecule has 0 saturated heterocycles. The Morgan fingerprint density at radius 1 is 1.08 bits per heavy atom. The van der Waals surface area contributed by atoms with Crippen molar-refractivity contribution in [3.63, 3.8) is 0 Å². The van der Waals surface area contributed by atoms with Gasteiger partial charge in [0.2, 0.25) is 0 Å². The van der Waals surface area contributed by atoms with Crippen LogP contribution in [-0.2, 0) is 6.61 Å². The van der Waals surface area contributed by atoms with Crippen molar-refractivity contribution < 1.29 is 9.84 Å². The predicted molar refractivity (Wildman–Crippen MR) is 98.9 cm³/mol. The van der Waals surface area contributed by atoms with Crippen molar-refractivity contribution in [1.82, 2.24) is 14.4 Å². The molecule has 0 aliphatic heterocycles. The Labute approximate surface area is 149 Å². The first-order valence-electron chi connectivity index (χ1n) is 7.88. The maximum absolute atomic E-state index is 9.20. The summed E-state index contributed by atoms with van der Waals surface area (Å²) in [4.78, 5) is 9.20. The number of hydrogen-bond acceptors (Lipinski definition) is 5. The summed E-state index contributed by atoms with van der Waals surface area (Å²) >= 11 is 1.46. The van der Waals surface area contributed by atoms with Crippen LogP contribution < -0.4 is 4.74 Å². The number of hydrogen-bond donors (Lipinski definition) is 1. The lowest BCUT2D eigenvalue weighted by Crippen LogP contribution is -1.90. The number of benzene rings is 1. The van der Waals surface area contributed by atoms with Gasteiger partial charge in [-0.1, -0.05) is 0 Å². The summed E-state index contributed by atoms with van der Waals surface area (Å²) in [5.41, 5.74) is 5.85. The van der Waals surface area contributed by atoms with Crippen LogP contribution in [0, 0.1) is 6.92 Å². The minimum atomic E-state index is -0.0291. The van der Waals surface area contributed by atoms with Crippen LogP contribution >= 0.6 is 11.3 Å². The lowest BCUT2D eigenvalue weighted by atomic mass is 10.1. The van der Waals surface area contributed by atoms with Crippen LogP contribution in [0.5, 0.6) is 5.75 Å². The monoisotopic (exact) mass is 351 g/mol. The second kappa shape index (κ2) is 6.31. The molecule has 3 aromatic heterocycles. The highest BCUT2D eigenvalue weighted by atomic mass is 32.1. The summed E-state index contributed by atoms with van der Waals surface area (Å²) in [6, 6.07) is 11.9. The number of nitrogens with zero attached hydrogens (tertiary/aromatic N) is 3. The van der Waals surface area contributed by atoms with E-state index in [2.05, 4.69) is 16.3 Å². The van der Waals surface area contributed by atoms with E-state index in [-0.39, 0.29) is 6.61 Å². The molecule has 4 rings (SSSR count). The molecule has 5 nitrogen and oxygen atoms in total. The first-order valence-corrected chi connectivity index (χ1v) is 8.76. The third kappa shape index (κ3) is 2.79. The molecule has 0 saturated carbocycles. The minimum absolute atomic E-state index is 0.0291. The Morgan fingerprint density at radius 2 is 1.84 bits per heavy atom. The topological polar surface area (TPSA) is 59.7 Å². The molecule has 0 bridgehead atoms. The Balaban J connectivity index is 1.79. The lowest BCUT2D eigenvalue weighted by molar-refractivity contribution is 0.281. The van der Waals surface area contributed by atoms with Gasteiger partial charge in [0, 0.05) is 28.4 Å². The number of imidazole rings is 1. The van der Waals surface area contributed by atoms with Gasteiger partial charge < -0.3 is 14.2 Å². The maximum atomic E-state index is 9.20. The standard InChI is InChI=1S/C19H17N3O2S/c1-12-19(13-3-6-15(24-2)7-4-13)21-17-8-5-14(9-22(12)17)16-11-25-18(10-23)20-16/h3-9,11,23H,10H2,1-2H3. The molecule has 126 valence electrons. The van der Waals surface area contributed by atoms with Crippen LogP contribution in [0.25, 0.3) is 28.2 Å².